The third-order valence-corrected chi connectivity index (χ3v) is 3.51. The second-order valence-corrected chi connectivity index (χ2v) is 6.21. The normalized spacial score (nSPS) is 27.2. The van der Waals surface area contributed by atoms with Crippen molar-refractivity contribution in [2.75, 3.05) is 6.54 Å². The van der Waals surface area contributed by atoms with E-state index in [0.717, 1.165) is 12.8 Å². The van der Waals surface area contributed by atoms with E-state index < -0.39 is 5.54 Å². The van der Waals surface area contributed by atoms with Crippen molar-refractivity contribution >= 4 is 11.8 Å². The van der Waals surface area contributed by atoms with Crippen LogP contribution >= 0.6 is 0 Å². The van der Waals surface area contributed by atoms with Gasteiger partial charge in [0.25, 0.3) is 0 Å². The Balaban J connectivity index is 1.93. The minimum atomic E-state index is -0.655. The van der Waals surface area contributed by atoms with E-state index in [4.69, 9.17) is 5.73 Å². The van der Waals surface area contributed by atoms with Crippen molar-refractivity contribution in [2.45, 2.75) is 57.2 Å². The first-order valence-corrected chi connectivity index (χ1v) is 6.13. The van der Waals surface area contributed by atoms with Gasteiger partial charge in [-0.3, -0.25) is 9.59 Å². The number of hydrogen-bond donors (Lipinski definition) is 2. The zero-order valence-corrected chi connectivity index (χ0v) is 10.7. The van der Waals surface area contributed by atoms with Crippen molar-refractivity contribution in [1.82, 2.24) is 10.2 Å². The summed E-state index contributed by atoms with van der Waals surface area (Å²) in [6.07, 6.45) is 1.89. The van der Waals surface area contributed by atoms with Crippen LogP contribution in [0.5, 0.6) is 0 Å². The van der Waals surface area contributed by atoms with E-state index in [1.807, 2.05) is 25.7 Å². The maximum atomic E-state index is 11.8. The number of nitrogens with one attached hydrogen (secondary N) is 1. The molecule has 1 aliphatic carbocycles. The highest BCUT2D eigenvalue weighted by atomic mass is 16.2. The molecule has 96 valence electrons. The molecule has 0 aromatic carbocycles. The monoisotopic (exact) mass is 239 g/mol. The summed E-state index contributed by atoms with van der Waals surface area (Å²) in [5.41, 5.74) is 4.97. The number of hydrogen-bond acceptors (Lipinski definition) is 3. The van der Waals surface area contributed by atoms with Crippen molar-refractivity contribution < 1.29 is 9.59 Å². The minimum Gasteiger partial charge on any atom is -0.349 e. The lowest BCUT2D eigenvalue weighted by atomic mass is 10.1. The van der Waals surface area contributed by atoms with Gasteiger partial charge >= 0.3 is 0 Å². The average Bonchev–Trinajstić information content (AvgIpc) is 2.81. The van der Waals surface area contributed by atoms with Crippen molar-refractivity contribution in [3.8, 4) is 0 Å². The lowest BCUT2D eigenvalue weighted by molar-refractivity contribution is -0.131. The number of amides is 2. The molecular weight excluding hydrogens is 218 g/mol. The van der Waals surface area contributed by atoms with Gasteiger partial charge in [-0.25, -0.2) is 0 Å². The van der Waals surface area contributed by atoms with Crippen LogP contribution in [-0.2, 0) is 9.59 Å². The van der Waals surface area contributed by atoms with Gasteiger partial charge in [-0.05, 0) is 33.6 Å². The molecule has 2 amide bonds. The SMILES string of the molecule is CC(C)(C)N1CC(NC(=O)C2(N)CC2)CC1=O. The first-order valence-electron chi connectivity index (χ1n) is 6.13. The summed E-state index contributed by atoms with van der Waals surface area (Å²) in [4.78, 5) is 25.4. The molecule has 1 heterocycles. The van der Waals surface area contributed by atoms with Crippen molar-refractivity contribution in [3.05, 3.63) is 0 Å². The lowest BCUT2D eigenvalue weighted by Crippen LogP contribution is -2.49. The lowest BCUT2D eigenvalue weighted by Gasteiger charge is -2.32. The smallest absolute Gasteiger partial charge is 0.240 e. The van der Waals surface area contributed by atoms with Gasteiger partial charge in [-0.15, -0.1) is 0 Å². The predicted molar refractivity (Wildman–Crippen MR) is 64.2 cm³/mol. The van der Waals surface area contributed by atoms with Crippen LogP contribution in [0.15, 0.2) is 0 Å². The topological polar surface area (TPSA) is 75.4 Å². The van der Waals surface area contributed by atoms with E-state index in [2.05, 4.69) is 5.32 Å². The number of likely N-dealkylation sites (tertiary alicyclic amines) is 1. The van der Waals surface area contributed by atoms with Gasteiger partial charge in [-0.1, -0.05) is 0 Å². The summed E-state index contributed by atoms with van der Waals surface area (Å²) < 4.78 is 0. The van der Waals surface area contributed by atoms with Gasteiger partial charge in [0.1, 0.15) is 0 Å². The van der Waals surface area contributed by atoms with E-state index in [0.29, 0.717) is 13.0 Å². The van der Waals surface area contributed by atoms with E-state index in [1.54, 1.807) is 0 Å². The third-order valence-electron chi connectivity index (χ3n) is 3.51. The van der Waals surface area contributed by atoms with Crippen LogP contribution in [0.3, 0.4) is 0 Å². The molecule has 2 aliphatic rings. The largest absolute Gasteiger partial charge is 0.349 e. The molecule has 2 fully saturated rings. The highest BCUT2D eigenvalue weighted by molar-refractivity contribution is 5.90. The van der Waals surface area contributed by atoms with Crippen molar-refractivity contribution in [2.24, 2.45) is 5.73 Å². The molecule has 0 spiro atoms. The number of carbonyl (C=O) groups is 2. The molecule has 5 nitrogen and oxygen atoms in total. The minimum absolute atomic E-state index is 0.0877. The van der Waals surface area contributed by atoms with Gasteiger partial charge in [0.05, 0.1) is 11.6 Å². The molecule has 1 saturated heterocycles. The Labute approximate surface area is 102 Å². The van der Waals surface area contributed by atoms with Crippen LogP contribution in [0.4, 0.5) is 0 Å². The molecular formula is C12H21N3O2. The van der Waals surface area contributed by atoms with Crippen LogP contribution in [0.25, 0.3) is 0 Å². The van der Waals surface area contributed by atoms with Gasteiger partial charge in [0, 0.05) is 18.5 Å². The highest BCUT2D eigenvalue weighted by Crippen LogP contribution is 2.32. The number of rotatable bonds is 2. The predicted octanol–water partition coefficient (Wildman–Crippen LogP) is -0.00670. The molecule has 0 aromatic heterocycles. The Morgan fingerprint density at radius 1 is 1.47 bits per heavy atom. The zero-order valence-electron chi connectivity index (χ0n) is 10.7. The molecule has 0 aromatic rings. The maximum absolute atomic E-state index is 11.8. The van der Waals surface area contributed by atoms with Gasteiger partial charge in [0.15, 0.2) is 0 Å². The van der Waals surface area contributed by atoms with E-state index in [-0.39, 0.29) is 23.4 Å². The third kappa shape index (κ3) is 2.44. The van der Waals surface area contributed by atoms with Crippen LogP contribution in [0, 0.1) is 0 Å². The standard InChI is InChI=1S/C12H21N3O2/c1-11(2,3)15-7-8(6-9(15)16)14-10(17)12(13)4-5-12/h8H,4-7,13H2,1-3H3,(H,14,17). The summed E-state index contributed by atoms with van der Waals surface area (Å²) in [5.74, 6) is -0.00396. The summed E-state index contributed by atoms with van der Waals surface area (Å²) in [6, 6.07) is -0.0877. The van der Waals surface area contributed by atoms with Crippen LogP contribution in [0.2, 0.25) is 0 Å². The fourth-order valence-electron chi connectivity index (χ4n) is 2.14. The Hall–Kier alpha value is -1.10. The second kappa shape index (κ2) is 3.70. The van der Waals surface area contributed by atoms with Crippen LogP contribution in [0.1, 0.15) is 40.0 Å². The summed E-state index contributed by atoms with van der Waals surface area (Å²) >= 11 is 0. The molecule has 1 atom stereocenters. The molecule has 3 N–H and O–H groups in total. The van der Waals surface area contributed by atoms with Crippen LogP contribution in [-0.4, -0.2) is 40.4 Å². The Kier molecular flexibility index (Phi) is 2.69. The van der Waals surface area contributed by atoms with Crippen molar-refractivity contribution in [3.63, 3.8) is 0 Å². The van der Waals surface area contributed by atoms with E-state index in [1.165, 1.54) is 0 Å². The summed E-state index contributed by atoms with van der Waals surface area (Å²) in [7, 11) is 0. The number of nitrogens with zero attached hydrogens (tertiary/aromatic N) is 1. The van der Waals surface area contributed by atoms with Crippen molar-refractivity contribution in [1.29, 1.82) is 0 Å². The molecule has 17 heavy (non-hydrogen) atoms. The Morgan fingerprint density at radius 3 is 2.47 bits per heavy atom. The number of carbonyl (C=O) groups excluding carboxylic acids is 2. The molecule has 1 aliphatic heterocycles. The average molecular weight is 239 g/mol. The summed E-state index contributed by atoms with van der Waals surface area (Å²) in [5, 5.41) is 2.89. The maximum Gasteiger partial charge on any atom is 0.240 e. The molecule has 1 saturated carbocycles. The summed E-state index contributed by atoms with van der Waals surface area (Å²) in [6.45, 7) is 6.59. The molecule has 2 rings (SSSR count). The molecule has 1 unspecified atom stereocenters. The first kappa shape index (κ1) is 12.4. The Morgan fingerprint density at radius 2 is 2.06 bits per heavy atom. The number of nitrogens with two attached hydrogens (primary N) is 1. The van der Waals surface area contributed by atoms with E-state index >= 15 is 0 Å². The highest BCUT2D eigenvalue weighted by Gasteiger charge is 2.47. The quantitative estimate of drug-likeness (QED) is 0.712. The zero-order chi connectivity index (χ0) is 12.8. The van der Waals surface area contributed by atoms with Gasteiger partial charge in [-0.2, -0.15) is 0 Å². The van der Waals surface area contributed by atoms with Gasteiger partial charge in [0.2, 0.25) is 11.8 Å². The molecule has 0 bridgehead atoms. The van der Waals surface area contributed by atoms with Crippen LogP contribution < -0.4 is 11.1 Å². The second-order valence-electron chi connectivity index (χ2n) is 6.21. The molecule has 5 heteroatoms. The molecule has 0 radical (unpaired) electrons. The first-order chi connectivity index (χ1) is 7.72. The van der Waals surface area contributed by atoms with Gasteiger partial charge < -0.3 is 16.0 Å². The Bertz CT molecular complexity index is 355. The fraction of sp³-hybridized carbons (Fsp3) is 0.833. The van der Waals surface area contributed by atoms with E-state index in [9.17, 15) is 9.59 Å². The fourth-order valence-corrected chi connectivity index (χ4v) is 2.14.